The molecule has 0 radical (unpaired) electrons. The van der Waals surface area contributed by atoms with Gasteiger partial charge < -0.3 is 15.4 Å². The first-order chi connectivity index (χ1) is 12.0. The summed E-state index contributed by atoms with van der Waals surface area (Å²) in [5.74, 6) is -1.36. The van der Waals surface area contributed by atoms with Gasteiger partial charge in [-0.15, -0.1) is 0 Å². The number of hydrogen-bond acceptors (Lipinski definition) is 5. The Morgan fingerprint density at radius 2 is 1.92 bits per heavy atom. The molecule has 0 aliphatic rings. The molecule has 0 spiro atoms. The monoisotopic (exact) mass is 361 g/mol. The van der Waals surface area contributed by atoms with Crippen molar-refractivity contribution >= 4 is 35.2 Å². The summed E-state index contributed by atoms with van der Waals surface area (Å²) in [7, 11) is 0. The van der Waals surface area contributed by atoms with Crippen LogP contribution in [0.25, 0.3) is 0 Å². The van der Waals surface area contributed by atoms with Gasteiger partial charge in [0.05, 0.1) is 5.02 Å². The van der Waals surface area contributed by atoms with Gasteiger partial charge in [-0.2, -0.15) is 0 Å². The molecule has 1 aromatic heterocycles. The first kappa shape index (κ1) is 18.4. The van der Waals surface area contributed by atoms with Crippen LogP contribution in [-0.4, -0.2) is 35.9 Å². The normalized spacial score (nSPS) is 10.0. The number of ether oxygens (including phenoxy) is 1. The van der Waals surface area contributed by atoms with Crippen LogP contribution in [0.2, 0.25) is 5.02 Å². The molecule has 2 rings (SSSR count). The Kier molecular flexibility index (Phi) is 6.47. The number of nitrogens with one attached hydrogen (secondary N) is 2. The van der Waals surface area contributed by atoms with Crippen molar-refractivity contribution in [2.45, 2.75) is 6.92 Å². The van der Waals surface area contributed by atoms with Gasteiger partial charge in [0.2, 0.25) is 0 Å². The van der Waals surface area contributed by atoms with E-state index < -0.39 is 18.5 Å². The molecule has 7 nitrogen and oxygen atoms in total. The maximum atomic E-state index is 12.0. The molecule has 1 heterocycles. The van der Waals surface area contributed by atoms with Crippen LogP contribution in [0.4, 0.5) is 5.82 Å². The number of pyridine rings is 1. The molecule has 8 heteroatoms. The van der Waals surface area contributed by atoms with E-state index in [2.05, 4.69) is 15.6 Å². The number of hydrogen-bond donors (Lipinski definition) is 2. The van der Waals surface area contributed by atoms with Crippen molar-refractivity contribution in [1.29, 1.82) is 0 Å². The van der Waals surface area contributed by atoms with Gasteiger partial charge in [0, 0.05) is 11.8 Å². The molecule has 25 heavy (non-hydrogen) atoms. The fourth-order valence-electron chi connectivity index (χ4n) is 1.90. The molecule has 2 N–H and O–H groups in total. The fraction of sp³-hybridized carbons (Fsp3) is 0.176. The summed E-state index contributed by atoms with van der Waals surface area (Å²) in [4.78, 5) is 39.1. The smallest absolute Gasteiger partial charge is 0.325 e. The average molecular weight is 362 g/mol. The van der Waals surface area contributed by atoms with E-state index in [0.29, 0.717) is 16.4 Å². The summed E-state index contributed by atoms with van der Waals surface area (Å²) >= 11 is 5.69. The summed E-state index contributed by atoms with van der Waals surface area (Å²) in [5.41, 5.74) is 1.27. The third-order valence-corrected chi connectivity index (χ3v) is 3.37. The number of nitrogens with zero attached hydrogens (tertiary/aromatic N) is 1. The number of benzene rings is 1. The van der Waals surface area contributed by atoms with E-state index in [4.69, 9.17) is 16.3 Å². The van der Waals surface area contributed by atoms with Crippen LogP contribution >= 0.6 is 11.6 Å². The van der Waals surface area contributed by atoms with Crippen LogP contribution < -0.4 is 10.6 Å². The molecule has 2 amide bonds. The van der Waals surface area contributed by atoms with Crippen molar-refractivity contribution in [1.82, 2.24) is 10.3 Å². The molecule has 0 aliphatic heterocycles. The summed E-state index contributed by atoms with van der Waals surface area (Å²) in [6.45, 7) is 0.978. The molecule has 0 aliphatic carbocycles. The van der Waals surface area contributed by atoms with Gasteiger partial charge in [-0.3, -0.25) is 14.4 Å². The van der Waals surface area contributed by atoms with E-state index in [-0.39, 0.29) is 12.5 Å². The molecule has 0 fully saturated rings. The predicted molar refractivity (Wildman–Crippen MR) is 92.3 cm³/mol. The third-order valence-electron chi connectivity index (χ3n) is 3.14. The summed E-state index contributed by atoms with van der Waals surface area (Å²) in [6.07, 6.45) is 1.38. The number of amides is 2. The molecule has 2 aromatic rings. The van der Waals surface area contributed by atoms with Gasteiger partial charge in [0.1, 0.15) is 12.4 Å². The largest absolute Gasteiger partial charge is 0.454 e. The summed E-state index contributed by atoms with van der Waals surface area (Å²) in [6, 6.07) is 10.1. The highest BCUT2D eigenvalue weighted by atomic mass is 35.5. The number of aryl methyl sites for hydroxylation is 1. The number of carbonyl (C=O) groups is 3. The Hall–Kier alpha value is -2.93. The standard InChI is InChI=1S/C17H16ClN3O4/c1-11-4-2-3-5-13(11)17(24)20-9-16(23)25-10-15(22)21-14-7-6-12(18)8-19-14/h2-8H,9-10H2,1H3,(H,20,24)(H,19,21,22). The van der Waals surface area contributed by atoms with Gasteiger partial charge in [0.15, 0.2) is 6.61 Å². The Morgan fingerprint density at radius 1 is 1.16 bits per heavy atom. The van der Waals surface area contributed by atoms with Gasteiger partial charge in [-0.1, -0.05) is 29.8 Å². The molecular weight excluding hydrogens is 346 g/mol. The van der Waals surface area contributed by atoms with Gasteiger partial charge in [0.25, 0.3) is 11.8 Å². The maximum Gasteiger partial charge on any atom is 0.325 e. The van der Waals surface area contributed by atoms with E-state index in [0.717, 1.165) is 5.56 Å². The maximum absolute atomic E-state index is 12.0. The predicted octanol–water partition coefficient (Wildman–Crippen LogP) is 1.96. The van der Waals surface area contributed by atoms with Crippen LogP contribution in [0, 0.1) is 6.92 Å². The second kappa shape index (κ2) is 8.79. The van der Waals surface area contributed by atoms with Crippen molar-refractivity contribution < 1.29 is 19.1 Å². The SMILES string of the molecule is Cc1ccccc1C(=O)NCC(=O)OCC(=O)Nc1ccc(Cl)cn1. The van der Waals surface area contributed by atoms with E-state index in [1.807, 2.05) is 6.07 Å². The van der Waals surface area contributed by atoms with Crippen molar-refractivity contribution in [2.75, 3.05) is 18.5 Å². The Morgan fingerprint density at radius 3 is 2.60 bits per heavy atom. The van der Waals surface area contributed by atoms with Crippen molar-refractivity contribution in [3.05, 3.63) is 58.7 Å². The molecule has 0 bridgehead atoms. The minimum Gasteiger partial charge on any atom is -0.454 e. The molecule has 0 atom stereocenters. The van der Waals surface area contributed by atoms with Crippen LogP contribution in [0.15, 0.2) is 42.6 Å². The highest BCUT2D eigenvalue weighted by Crippen LogP contribution is 2.09. The zero-order valence-electron chi connectivity index (χ0n) is 13.4. The molecule has 1 aromatic carbocycles. The van der Waals surface area contributed by atoms with Crippen molar-refractivity contribution in [2.24, 2.45) is 0 Å². The lowest BCUT2D eigenvalue weighted by molar-refractivity contribution is -0.146. The van der Waals surface area contributed by atoms with Gasteiger partial charge >= 0.3 is 5.97 Å². The lowest BCUT2D eigenvalue weighted by atomic mass is 10.1. The van der Waals surface area contributed by atoms with E-state index in [1.165, 1.54) is 12.3 Å². The number of aromatic nitrogens is 1. The minimum absolute atomic E-state index is 0.290. The topological polar surface area (TPSA) is 97.4 Å². The molecule has 0 saturated carbocycles. The first-order valence-electron chi connectivity index (χ1n) is 7.36. The quantitative estimate of drug-likeness (QED) is 0.766. The zero-order valence-corrected chi connectivity index (χ0v) is 14.2. The Bertz CT molecular complexity index is 778. The zero-order chi connectivity index (χ0) is 18.2. The van der Waals surface area contributed by atoms with Crippen LogP contribution in [-0.2, 0) is 14.3 Å². The second-order valence-corrected chi connectivity index (χ2v) is 5.50. The highest BCUT2D eigenvalue weighted by Gasteiger charge is 2.12. The van der Waals surface area contributed by atoms with E-state index in [9.17, 15) is 14.4 Å². The number of rotatable bonds is 6. The third kappa shape index (κ3) is 5.89. The number of carbonyl (C=O) groups excluding carboxylic acids is 3. The van der Waals surface area contributed by atoms with Crippen molar-refractivity contribution in [3.63, 3.8) is 0 Å². The first-order valence-corrected chi connectivity index (χ1v) is 7.74. The van der Waals surface area contributed by atoms with Crippen LogP contribution in [0.1, 0.15) is 15.9 Å². The number of halogens is 1. The Labute approximate surface area is 149 Å². The number of anilines is 1. The molecular formula is C17H16ClN3O4. The minimum atomic E-state index is -0.721. The van der Waals surface area contributed by atoms with E-state index in [1.54, 1.807) is 31.2 Å². The van der Waals surface area contributed by atoms with Crippen molar-refractivity contribution in [3.8, 4) is 0 Å². The highest BCUT2D eigenvalue weighted by molar-refractivity contribution is 6.30. The molecule has 130 valence electrons. The second-order valence-electron chi connectivity index (χ2n) is 5.07. The Balaban J connectivity index is 1.73. The molecule has 0 saturated heterocycles. The lowest BCUT2D eigenvalue weighted by Gasteiger charge is -2.08. The average Bonchev–Trinajstić information content (AvgIpc) is 2.60. The van der Waals surface area contributed by atoms with E-state index >= 15 is 0 Å². The summed E-state index contributed by atoms with van der Waals surface area (Å²) < 4.78 is 4.80. The van der Waals surface area contributed by atoms with Gasteiger partial charge in [-0.25, -0.2) is 4.98 Å². The summed E-state index contributed by atoms with van der Waals surface area (Å²) in [5, 5.41) is 5.34. The van der Waals surface area contributed by atoms with Gasteiger partial charge in [-0.05, 0) is 30.7 Å². The van der Waals surface area contributed by atoms with Crippen LogP contribution in [0.3, 0.4) is 0 Å². The lowest BCUT2D eigenvalue weighted by Crippen LogP contribution is -2.32. The van der Waals surface area contributed by atoms with Crippen LogP contribution in [0.5, 0.6) is 0 Å². The fourth-order valence-corrected chi connectivity index (χ4v) is 2.01. The number of esters is 1. The molecule has 0 unspecified atom stereocenters.